The summed E-state index contributed by atoms with van der Waals surface area (Å²) < 4.78 is 5.41. The van der Waals surface area contributed by atoms with E-state index >= 15 is 0 Å². The molecule has 2 aromatic carbocycles. The average Bonchev–Trinajstić information content (AvgIpc) is 2.98. The van der Waals surface area contributed by atoms with Gasteiger partial charge in [-0.3, -0.25) is 0 Å². The number of aryl methyl sites for hydroxylation is 2. The summed E-state index contributed by atoms with van der Waals surface area (Å²) >= 11 is 0. The molecule has 0 amide bonds. The van der Waals surface area contributed by atoms with E-state index in [-0.39, 0.29) is 5.97 Å². The molecule has 0 atom stereocenters. The highest BCUT2D eigenvalue weighted by molar-refractivity contribution is 5.95. The maximum Gasteiger partial charge on any atom is 0.338 e. The van der Waals surface area contributed by atoms with E-state index in [4.69, 9.17) is 4.74 Å². The van der Waals surface area contributed by atoms with E-state index in [9.17, 15) is 4.79 Å². The topological polar surface area (TPSA) is 42.1 Å². The molecular formula is C20H19NO2. The van der Waals surface area contributed by atoms with Crippen LogP contribution in [-0.2, 0) is 24.2 Å². The van der Waals surface area contributed by atoms with Crippen molar-refractivity contribution in [3.63, 3.8) is 0 Å². The molecule has 0 aliphatic heterocycles. The zero-order valence-corrected chi connectivity index (χ0v) is 13.0. The summed E-state index contributed by atoms with van der Waals surface area (Å²) in [7, 11) is 0. The number of hydrogen-bond donors (Lipinski definition) is 1. The van der Waals surface area contributed by atoms with Crippen LogP contribution in [0.1, 0.15) is 40.0 Å². The molecule has 3 nitrogen and oxygen atoms in total. The number of ether oxygens (including phenoxy) is 1. The van der Waals surface area contributed by atoms with E-state index in [1.54, 1.807) is 0 Å². The van der Waals surface area contributed by atoms with Crippen LogP contribution in [0.3, 0.4) is 0 Å². The quantitative estimate of drug-likeness (QED) is 0.729. The Morgan fingerprint density at radius 3 is 2.74 bits per heavy atom. The van der Waals surface area contributed by atoms with Gasteiger partial charge >= 0.3 is 5.97 Å². The van der Waals surface area contributed by atoms with Crippen LogP contribution in [0.15, 0.2) is 48.5 Å². The molecule has 1 aliphatic rings. The molecular weight excluding hydrogens is 286 g/mol. The Morgan fingerprint density at radius 1 is 1.04 bits per heavy atom. The Kier molecular flexibility index (Phi) is 3.62. The van der Waals surface area contributed by atoms with Gasteiger partial charge in [0.05, 0.1) is 5.56 Å². The van der Waals surface area contributed by atoms with Crippen LogP contribution in [0.25, 0.3) is 10.9 Å². The fourth-order valence-corrected chi connectivity index (χ4v) is 3.35. The van der Waals surface area contributed by atoms with Crippen LogP contribution in [-0.4, -0.2) is 11.0 Å². The third-order valence-electron chi connectivity index (χ3n) is 4.55. The molecule has 0 fully saturated rings. The molecule has 0 spiro atoms. The van der Waals surface area contributed by atoms with Gasteiger partial charge in [-0.2, -0.15) is 0 Å². The zero-order chi connectivity index (χ0) is 15.6. The normalized spacial score (nSPS) is 13.7. The smallest absolute Gasteiger partial charge is 0.338 e. The number of nitrogens with one attached hydrogen (secondary N) is 1. The lowest BCUT2D eigenvalue weighted by atomic mass is 9.95. The van der Waals surface area contributed by atoms with E-state index in [1.807, 2.05) is 42.5 Å². The van der Waals surface area contributed by atoms with Gasteiger partial charge in [-0.1, -0.05) is 36.4 Å². The largest absolute Gasteiger partial charge is 0.457 e. The molecule has 0 bridgehead atoms. The number of H-pyrrole nitrogens is 1. The van der Waals surface area contributed by atoms with Crippen molar-refractivity contribution in [2.24, 2.45) is 0 Å². The van der Waals surface area contributed by atoms with Crippen molar-refractivity contribution in [2.45, 2.75) is 32.3 Å². The van der Waals surface area contributed by atoms with Gasteiger partial charge in [-0.15, -0.1) is 0 Å². The Morgan fingerprint density at radius 2 is 1.87 bits per heavy atom. The monoisotopic (exact) mass is 305 g/mol. The van der Waals surface area contributed by atoms with Crippen LogP contribution < -0.4 is 0 Å². The maximum absolute atomic E-state index is 12.3. The molecule has 0 unspecified atom stereocenters. The molecule has 1 heterocycles. The minimum atomic E-state index is -0.275. The van der Waals surface area contributed by atoms with Crippen LogP contribution in [0.2, 0.25) is 0 Å². The molecule has 0 saturated carbocycles. The predicted molar refractivity (Wildman–Crippen MR) is 90.5 cm³/mol. The first-order valence-electron chi connectivity index (χ1n) is 8.16. The van der Waals surface area contributed by atoms with Gasteiger partial charge in [0, 0.05) is 16.6 Å². The minimum absolute atomic E-state index is 0.275. The number of aromatic nitrogens is 1. The summed E-state index contributed by atoms with van der Waals surface area (Å²) in [6, 6.07) is 15.6. The Labute approximate surface area is 135 Å². The second kappa shape index (κ2) is 5.92. The first-order chi connectivity index (χ1) is 11.3. The lowest BCUT2D eigenvalue weighted by Gasteiger charge is -2.10. The minimum Gasteiger partial charge on any atom is -0.457 e. The summed E-state index contributed by atoms with van der Waals surface area (Å²) in [6.07, 6.45) is 4.73. The second-order valence-corrected chi connectivity index (χ2v) is 6.11. The summed E-state index contributed by atoms with van der Waals surface area (Å²) in [6.45, 7) is 0.305. The van der Waals surface area contributed by atoms with Crippen LogP contribution in [0, 0.1) is 0 Å². The van der Waals surface area contributed by atoms with Crippen molar-refractivity contribution < 1.29 is 9.53 Å². The van der Waals surface area contributed by atoms with Crippen LogP contribution in [0.4, 0.5) is 0 Å². The Hall–Kier alpha value is -2.55. The number of carbonyl (C=O) groups excluding carboxylic acids is 1. The molecule has 1 aromatic heterocycles. The van der Waals surface area contributed by atoms with Crippen molar-refractivity contribution >= 4 is 16.9 Å². The number of rotatable bonds is 3. The fraction of sp³-hybridized carbons (Fsp3) is 0.250. The molecule has 0 radical (unpaired) electrons. The van der Waals surface area contributed by atoms with Crippen molar-refractivity contribution in [1.29, 1.82) is 0 Å². The van der Waals surface area contributed by atoms with Crippen molar-refractivity contribution in [1.82, 2.24) is 4.98 Å². The Bertz CT molecular complexity index is 849. The number of aromatic amines is 1. The zero-order valence-electron chi connectivity index (χ0n) is 13.0. The van der Waals surface area contributed by atoms with Gasteiger partial charge in [0.1, 0.15) is 6.61 Å². The van der Waals surface area contributed by atoms with Crippen molar-refractivity contribution in [3.05, 3.63) is 70.9 Å². The highest BCUT2D eigenvalue weighted by atomic mass is 16.5. The van der Waals surface area contributed by atoms with Gasteiger partial charge in [-0.25, -0.2) is 4.79 Å². The summed E-state index contributed by atoms with van der Waals surface area (Å²) in [4.78, 5) is 15.7. The lowest BCUT2D eigenvalue weighted by Crippen LogP contribution is -2.05. The number of carbonyl (C=O) groups is 1. The molecule has 23 heavy (non-hydrogen) atoms. The molecule has 3 heteroatoms. The van der Waals surface area contributed by atoms with Gasteiger partial charge in [0.2, 0.25) is 0 Å². The van der Waals surface area contributed by atoms with Crippen LogP contribution >= 0.6 is 0 Å². The fourth-order valence-electron chi connectivity index (χ4n) is 3.35. The second-order valence-electron chi connectivity index (χ2n) is 6.11. The average molecular weight is 305 g/mol. The number of hydrogen-bond acceptors (Lipinski definition) is 2. The first kappa shape index (κ1) is 14.1. The Balaban J connectivity index is 1.55. The van der Waals surface area contributed by atoms with Gasteiger partial charge in [0.15, 0.2) is 0 Å². The SMILES string of the molecule is O=C(OCc1ccccc1)c1ccc2c3c([nH]c2c1)CCCC3. The van der Waals surface area contributed by atoms with Gasteiger partial charge in [0.25, 0.3) is 0 Å². The van der Waals surface area contributed by atoms with E-state index in [0.717, 1.165) is 23.9 Å². The van der Waals surface area contributed by atoms with Crippen LogP contribution in [0.5, 0.6) is 0 Å². The van der Waals surface area contributed by atoms with Crippen molar-refractivity contribution in [3.8, 4) is 0 Å². The van der Waals surface area contributed by atoms with E-state index < -0.39 is 0 Å². The molecule has 4 rings (SSSR count). The number of esters is 1. The molecule has 0 saturated heterocycles. The lowest BCUT2D eigenvalue weighted by molar-refractivity contribution is 0.0473. The summed E-state index contributed by atoms with van der Waals surface area (Å²) in [5, 5.41) is 1.25. The predicted octanol–water partition coefficient (Wildman–Crippen LogP) is 4.40. The van der Waals surface area contributed by atoms with E-state index in [1.165, 1.54) is 29.5 Å². The van der Waals surface area contributed by atoms with Gasteiger partial charge < -0.3 is 9.72 Å². The third kappa shape index (κ3) is 2.74. The summed E-state index contributed by atoms with van der Waals surface area (Å²) in [5.74, 6) is -0.275. The number of benzene rings is 2. The highest BCUT2D eigenvalue weighted by Gasteiger charge is 2.16. The molecule has 1 aliphatic carbocycles. The van der Waals surface area contributed by atoms with E-state index in [0.29, 0.717) is 12.2 Å². The molecule has 116 valence electrons. The highest BCUT2D eigenvalue weighted by Crippen LogP contribution is 2.29. The van der Waals surface area contributed by atoms with Gasteiger partial charge in [-0.05, 0) is 48.9 Å². The third-order valence-corrected chi connectivity index (χ3v) is 4.55. The first-order valence-corrected chi connectivity index (χ1v) is 8.16. The van der Waals surface area contributed by atoms with E-state index in [2.05, 4.69) is 11.1 Å². The summed E-state index contributed by atoms with van der Waals surface area (Å²) in [5.41, 5.74) is 5.41. The number of fused-ring (bicyclic) bond motifs is 3. The maximum atomic E-state index is 12.3. The van der Waals surface area contributed by atoms with Crippen molar-refractivity contribution in [2.75, 3.05) is 0 Å². The standard InChI is InChI=1S/C20H19NO2/c22-20(23-13-14-6-2-1-3-7-14)15-10-11-17-16-8-4-5-9-18(16)21-19(17)12-15/h1-3,6-7,10-12,21H,4-5,8-9,13H2. The molecule has 1 N–H and O–H groups in total. The molecule has 3 aromatic rings.